The predicted molar refractivity (Wildman–Crippen MR) is 83.1 cm³/mol. The molecule has 20 heavy (non-hydrogen) atoms. The smallest absolute Gasteiger partial charge is 0.225 e. The normalized spacial score (nSPS) is 18.2. The number of nitrogens with one attached hydrogen (secondary N) is 1. The van der Waals surface area contributed by atoms with E-state index in [9.17, 15) is 0 Å². The number of aromatic nitrogens is 2. The molecule has 112 valence electrons. The fraction of sp³-hybridized carbons (Fsp3) is 0.733. The molecule has 5 heteroatoms. The number of piperazine rings is 1. The van der Waals surface area contributed by atoms with Crippen LogP contribution in [0.2, 0.25) is 0 Å². The zero-order chi connectivity index (χ0) is 14.2. The number of hydrogen-bond acceptors (Lipinski definition) is 5. The first-order valence-corrected chi connectivity index (χ1v) is 7.78. The highest BCUT2D eigenvalue weighted by atomic mass is 15.3. The molecule has 1 aliphatic rings. The average molecular weight is 277 g/mol. The summed E-state index contributed by atoms with van der Waals surface area (Å²) in [4.78, 5) is 13.5. The minimum Gasteiger partial charge on any atom is -0.338 e. The Labute approximate surface area is 122 Å². The number of rotatable bonds is 7. The molecule has 0 saturated carbocycles. The molecule has 1 atom stereocenters. The molecule has 0 bridgehead atoms. The minimum atomic E-state index is 0.674. The summed E-state index contributed by atoms with van der Waals surface area (Å²) in [6, 6.07) is 2.54. The molecule has 1 aliphatic heterocycles. The molecule has 5 nitrogen and oxygen atoms in total. The molecule has 1 N–H and O–H groups in total. The van der Waals surface area contributed by atoms with Crippen LogP contribution in [0.3, 0.4) is 0 Å². The fourth-order valence-electron chi connectivity index (χ4n) is 2.70. The van der Waals surface area contributed by atoms with Gasteiger partial charge in [0.1, 0.15) is 0 Å². The van der Waals surface area contributed by atoms with Crippen LogP contribution in [-0.4, -0.2) is 60.2 Å². The summed E-state index contributed by atoms with van der Waals surface area (Å²) in [5.74, 6) is 0.868. The van der Waals surface area contributed by atoms with E-state index < -0.39 is 0 Å². The molecule has 2 heterocycles. The van der Waals surface area contributed by atoms with Crippen molar-refractivity contribution in [2.45, 2.75) is 32.7 Å². The Morgan fingerprint density at radius 3 is 2.55 bits per heavy atom. The van der Waals surface area contributed by atoms with Crippen molar-refractivity contribution in [2.75, 3.05) is 44.2 Å². The second kappa shape index (κ2) is 8.17. The third-order valence-corrected chi connectivity index (χ3v) is 4.00. The zero-order valence-electron chi connectivity index (χ0n) is 12.8. The first-order chi connectivity index (χ1) is 9.81. The molecule has 1 unspecified atom stereocenters. The van der Waals surface area contributed by atoms with Crippen molar-refractivity contribution < 1.29 is 0 Å². The van der Waals surface area contributed by atoms with Crippen LogP contribution in [0, 0.1) is 0 Å². The first-order valence-electron chi connectivity index (χ1n) is 7.78. The van der Waals surface area contributed by atoms with Crippen molar-refractivity contribution in [3.05, 3.63) is 18.5 Å². The van der Waals surface area contributed by atoms with Gasteiger partial charge in [-0.3, -0.25) is 4.90 Å². The maximum Gasteiger partial charge on any atom is 0.225 e. The van der Waals surface area contributed by atoms with Gasteiger partial charge in [0.15, 0.2) is 0 Å². The van der Waals surface area contributed by atoms with Crippen molar-refractivity contribution >= 4 is 5.95 Å². The van der Waals surface area contributed by atoms with Crippen LogP contribution in [0.4, 0.5) is 5.95 Å². The van der Waals surface area contributed by atoms with Gasteiger partial charge in [0.2, 0.25) is 5.95 Å². The molecule has 1 aromatic rings. The highest BCUT2D eigenvalue weighted by Gasteiger charge is 2.21. The highest BCUT2D eigenvalue weighted by molar-refractivity contribution is 5.29. The van der Waals surface area contributed by atoms with Crippen LogP contribution in [0.5, 0.6) is 0 Å². The summed E-state index contributed by atoms with van der Waals surface area (Å²) >= 11 is 0. The van der Waals surface area contributed by atoms with E-state index in [0.29, 0.717) is 6.04 Å². The molecular formula is C15H27N5. The first kappa shape index (κ1) is 15.2. The van der Waals surface area contributed by atoms with E-state index in [1.54, 1.807) is 0 Å². The molecule has 0 radical (unpaired) electrons. The lowest BCUT2D eigenvalue weighted by atomic mass is 10.1. The second-order valence-electron chi connectivity index (χ2n) is 5.42. The van der Waals surface area contributed by atoms with E-state index in [2.05, 4.69) is 38.9 Å². The summed E-state index contributed by atoms with van der Waals surface area (Å²) in [7, 11) is 0. The summed E-state index contributed by atoms with van der Waals surface area (Å²) < 4.78 is 0. The van der Waals surface area contributed by atoms with Crippen molar-refractivity contribution in [1.29, 1.82) is 0 Å². The molecule has 1 aromatic heterocycles. The Kier molecular flexibility index (Phi) is 6.21. The summed E-state index contributed by atoms with van der Waals surface area (Å²) in [5.41, 5.74) is 0. The number of anilines is 1. The average Bonchev–Trinajstić information content (AvgIpc) is 2.52. The van der Waals surface area contributed by atoms with Gasteiger partial charge in [0.05, 0.1) is 0 Å². The predicted octanol–water partition coefficient (Wildman–Crippen LogP) is 1.38. The van der Waals surface area contributed by atoms with E-state index in [-0.39, 0.29) is 0 Å². The Morgan fingerprint density at radius 1 is 1.20 bits per heavy atom. The molecular weight excluding hydrogens is 250 g/mol. The summed E-state index contributed by atoms with van der Waals surface area (Å²) in [6.45, 7) is 11.0. The van der Waals surface area contributed by atoms with Crippen molar-refractivity contribution in [1.82, 2.24) is 20.2 Å². The SMILES string of the molecule is CCNCCCC(C)N1CCN(c2ncccn2)CC1. The maximum atomic E-state index is 4.33. The van der Waals surface area contributed by atoms with Crippen molar-refractivity contribution in [3.63, 3.8) is 0 Å². The van der Waals surface area contributed by atoms with E-state index in [1.165, 1.54) is 12.8 Å². The molecule has 0 amide bonds. The van der Waals surface area contributed by atoms with Crippen molar-refractivity contribution in [2.24, 2.45) is 0 Å². The van der Waals surface area contributed by atoms with Gasteiger partial charge in [-0.15, -0.1) is 0 Å². The third kappa shape index (κ3) is 4.42. The van der Waals surface area contributed by atoms with Crippen LogP contribution in [-0.2, 0) is 0 Å². The molecule has 1 saturated heterocycles. The van der Waals surface area contributed by atoms with E-state index >= 15 is 0 Å². The fourth-order valence-corrected chi connectivity index (χ4v) is 2.70. The Balaban J connectivity index is 1.71. The van der Waals surface area contributed by atoms with Gasteiger partial charge in [0, 0.05) is 44.6 Å². The van der Waals surface area contributed by atoms with Gasteiger partial charge in [0.25, 0.3) is 0 Å². The zero-order valence-corrected chi connectivity index (χ0v) is 12.8. The summed E-state index contributed by atoms with van der Waals surface area (Å²) in [5, 5.41) is 3.39. The van der Waals surface area contributed by atoms with E-state index in [4.69, 9.17) is 0 Å². The lowest BCUT2D eigenvalue weighted by Crippen LogP contribution is -2.50. The van der Waals surface area contributed by atoms with Crippen LogP contribution >= 0.6 is 0 Å². The standard InChI is InChI=1S/C15H27N5/c1-3-16-7-4-6-14(2)19-10-12-20(13-11-19)15-17-8-5-9-18-15/h5,8-9,14,16H,3-4,6-7,10-13H2,1-2H3. The molecule has 0 aromatic carbocycles. The quantitative estimate of drug-likeness (QED) is 0.763. The lowest BCUT2D eigenvalue weighted by Gasteiger charge is -2.38. The van der Waals surface area contributed by atoms with Gasteiger partial charge in [-0.05, 0) is 38.9 Å². The van der Waals surface area contributed by atoms with Gasteiger partial charge >= 0.3 is 0 Å². The van der Waals surface area contributed by atoms with Gasteiger partial charge in [-0.25, -0.2) is 9.97 Å². The van der Waals surface area contributed by atoms with Crippen LogP contribution < -0.4 is 10.2 Å². The molecule has 2 rings (SSSR count). The summed E-state index contributed by atoms with van der Waals surface area (Å²) in [6.07, 6.45) is 6.17. The van der Waals surface area contributed by atoms with Crippen molar-refractivity contribution in [3.8, 4) is 0 Å². The third-order valence-electron chi connectivity index (χ3n) is 4.00. The maximum absolute atomic E-state index is 4.33. The van der Waals surface area contributed by atoms with Crippen LogP contribution in [0.1, 0.15) is 26.7 Å². The monoisotopic (exact) mass is 277 g/mol. The van der Waals surface area contributed by atoms with E-state index in [1.807, 2.05) is 18.5 Å². The second-order valence-corrected chi connectivity index (χ2v) is 5.42. The number of nitrogens with zero attached hydrogens (tertiary/aromatic N) is 4. The molecule has 0 spiro atoms. The highest BCUT2D eigenvalue weighted by Crippen LogP contribution is 2.13. The van der Waals surface area contributed by atoms with Gasteiger partial charge in [-0.1, -0.05) is 6.92 Å². The van der Waals surface area contributed by atoms with E-state index in [0.717, 1.165) is 45.2 Å². The molecule has 0 aliphatic carbocycles. The largest absolute Gasteiger partial charge is 0.338 e. The Bertz CT molecular complexity index is 362. The Morgan fingerprint density at radius 2 is 1.90 bits per heavy atom. The van der Waals surface area contributed by atoms with Crippen LogP contribution in [0.25, 0.3) is 0 Å². The van der Waals surface area contributed by atoms with Gasteiger partial charge < -0.3 is 10.2 Å². The van der Waals surface area contributed by atoms with Crippen LogP contribution in [0.15, 0.2) is 18.5 Å². The topological polar surface area (TPSA) is 44.3 Å². The molecule has 1 fully saturated rings. The van der Waals surface area contributed by atoms with Gasteiger partial charge in [-0.2, -0.15) is 0 Å². The minimum absolute atomic E-state index is 0.674. The number of hydrogen-bond donors (Lipinski definition) is 1. The Hall–Kier alpha value is -1.20. The lowest BCUT2D eigenvalue weighted by molar-refractivity contribution is 0.185.